The van der Waals surface area contributed by atoms with E-state index < -0.39 is 10.0 Å². The summed E-state index contributed by atoms with van der Waals surface area (Å²) in [7, 11) is -3.58. The number of carbonyl (C=O) groups is 1. The first-order valence-corrected chi connectivity index (χ1v) is 10.9. The fourth-order valence-corrected chi connectivity index (χ4v) is 3.67. The van der Waals surface area contributed by atoms with E-state index >= 15 is 0 Å². The van der Waals surface area contributed by atoms with Crippen LogP contribution < -0.4 is 9.62 Å². The number of sulfonamides is 1. The number of nitrogens with one attached hydrogen (secondary N) is 1. The first-order chi connectivity index (χ1) is 12.6. The van der Waals surface area contributed by atoms with Crippen LogP contribution in [0.1, 0.15) is 42.1 Å². The molecule has 2 aromatic rings. The van der Waals surface area contributed by atoms with Crippen LogP contribution in [0.4, 0.5) is 5.69 Å². The number of hydrogen-bond donors (Lipinski definition) is 1. The minimum absolute atomic E-state index is 0.204. The molecule has 146 valence electrons. The van der Waals surface area contributed by atoms with Gasteiger partial charge in [-0.25, -0.2) is 8.42 Å². The Labute approximate surface area is 162 Å². The summed E-state index contributed by atoms with van der Waals surface area (Å²) in [5.74, 6) is -0.342. The molecule has 0 aliphatic rings. The van der Waals surface area contributed by atoms with Crippen molar-refractivity contribution >= 4 is 21.6 Å². The Kier molecular flexibility index (Phi) is 6.65. The molecule has 0 aliphatic heterocycles. The second kappa shape index (κ2) is 8.57. The molecule has 5 nitrogen and oxygen atoms in total. The zero-order chi connectivity index (χ0) is 20.2. The van der Waals surface area contributed by atoms with Crippen LogP contribution in [-0.2, 0) is 21.2 Å². The Hall–Kier alpha value is -2.34. The Morgan fingerprint density at radius 2 is 1.70 bits per heavy atom. The maximum atomic E-state index is 12.5. The van der Waals surface area contributed by atoms with Crippen LogP contribution in [0.2, 0.25) is 0 Å². The van der Waals surface area contributed by atoms with Gasteiger partial charge >= 0.3 is 0 Å². The summed E-state index contributed by atoms with van der Waals surface area (Å²) in [4.78, 5) is 12.5. The third-order valence-electron chi connectivity index (χ3n) is 4.73. The summed E-state index contributed by atoms with van der Waals surface area (Å²) < 4.78 is 25.6. The monoisotopic (exact) mass is 388 g/mol. The first kappa shape index (κ1) is 21.0. The molecule has 1 atom stereocenters. The smallest absolute Gasteiger partial charge is 0.241 e. The van der Waals surface area contributed by atoms with Crippen LogP contribution in [0, 0.1) is 13.8 Å². The van der Waals surface area contributed by atoms with E-state index in [-0.39, 0.29) is 18.5 Å². The van der Waals surface area contributed by atoms with Gasteiger partial charge < -0.3 is 5.32 Å². The van der Waals surface area contributed by atoms with Crippen molar-refractivity contribution in [3.63, 3.8) is 0 Å². The van der Waals surface area contributed by atoms with Gasteiger partial charge in [0.1, 0.15) is 6.54 Å². The van der Waals surface area contributed by atoms with Crippen molar-refractivity contribution in [1.29, 1.82) is 0 Å². The molecule has 0 unspecified atom stereocenters. The van der Waals surface area contributed by atoms with Gasteiger partial charge in [-0.2, -0.15) is 0 Å². The van der Waals surface area contributed by atoms with Crippen molar-refractivity contribution in [2.24, 2.45) is 0 Å². The van der Waals surface area contributed by atoms with Gasteiger partial charge in [-0.3, -0.25) is 9.10 Å². The van der Waals surface area contributed by atoms with Gasteiger partial charge in [-0.15, -0.1) is 0 Å². The van der Waals surface area contributed by atoms with E-state index in [1.165, 1.54) is 5.56 Å². The highest BCUT2D eigenvalue weighted by atomic mass is 32.2. The van der Waals surface area contributed by atoms with Crippen molar-refractivity contribution in [1.82, 2.24) is 5.32 Å². The predicted octanol–water partition coefficient (Wildman–Crippen LogP) is 3.51. The molecule has 2 rings (SSSR count). The fourth-order valence-electron chi connectivity index (χ4n) is 2.82. The van der Waals surface area contributed by atoms with Gasteiger partial charge in [0, 0.05) is 0 Å². The standard InChI is InChI=1S/C21H28N2O3S/c1-6-18-8-10-19(11-9-18)17(4)22-21(24)14-23(27(5,25)26)20-12-7-15(2)16(3)13-20/h7-13,17H,6,14H2,1-5H3,(H,22,24)/t17-/m1/s1. The van der Waals surface area contributed by atoms with Crippen molar-refractivity contribution in [2.75, 3.05) is 17.1 Å². The summed E-state index contributed by atoms with van der Waals surface area (Å²) in [5, 5.41) is 2.89. The molecule has 6 heteroatoms. The summed E-state index contributed by atoms with van der Waals surface area (Å²) in [6.07, 6.45) is 2.07. The molecule has 27 heavy (non-hydrogen) atoms. The second-order valence-corrected chi connectivity index (χ2v) is 8.83. The summed E-state index contributed by atoms with van der Waals surface area (Å²) >= 11 is 0. The summed E-state index contributed by atoms with van der Waals surface area (Å²) in [6.45, 7) is 7.61. The highest BCUT2D eigenvalue weighted by molar-refractivity contribution is 7.92. The number of aryl methyl sites for hydroxylation is 3. The number of carbonyl (C=O) groups excluding carboxylic acids is 1. The van der Waals surface area contributed by atoms with E-state index in [4.69, 9.17) is 0 Å². The van der Waals surface area contributed by atoms with Gasteiger partial charge in [0.25, 0.3) is 0 Å². The van der Waals surface area contributed by atoms with E-state index in [1.807, 2.05) is 51.1 Å². The van der Waals surface area contributed by atoms with E-state index in [1.54, 1.807) is 12.1 Å². The van der Waals surface area contributed by atoms with Gasteiger partial charge in [-0.1, -0.05) is 37.3 Å². The Morgan fingerprint density at radius 3 is 2.22 bits per heavy atom. The van der Waals surface area contributed by atoms with Crippen molar-refractivity contribution in [3.8, 4) is 0 Å². The third-order valence-corrected chi connectivity index (χ3v) is 5.87. The Balaban J connectivity index is 2.14. The third kappa shape index (κ3) is 5.57. The van der Waals surface area contributed by atoms with Crippen molar-refractivity contribution < 1.29 is 13.2 Å². The molecule has 0 bridgehead atoms. The lowest BCUT2D eigenvalue weighted by Gasteiger charge is -2.24. The molecular weight excluding hydrogens is 360 g/mol. The Bertz CT molecular complexity index is 906. The van der Waals surface area contributed by atoms with Crippen LogP contribution in [0.25, 0.3) is 0 Å². The van der Waals surface area contributed by atoms with E-state index in [0.29, 0.717) is 5.69 Å². The van der Waals surface area contributed by atoms with Gasteiger partial charge in [0.15, 0.2) is 0 Å². The summed E-state index contributed by atoms with van der Waals surface area (Å²) in [5.41, 5.74) is 4.76. The van der Waals surface area contributed by atoms with E-state index in [2.05, 4.69) is 12.2 Å². The number of anilines is 1. The second-order valence-electron chi connectivity index (χ2n) is 6.92. The van der Waals surface area contributed by atoms with E-state index in [9.17, 15) is 13.2 Å². The lowest BCUT2D eigenvalue weighted by Crippen LogP contribution is -2.41. The lowest BCUT2D eigenvalue weighted by molar-refractivity contribution is -0.120. The molecule has 0 radical (unpaired) electrons. The minimum atomic E-state index is -3.58. The number of rotatable bonds is 7. The number of amides is 1. The largest absolute Gasteiger partial charge is 0.348 e. The molecule has 0 aliphatic carbocycles. The van der Waals surface area contributed by atoms with E-state index in [0.717, 1.165) is 33.7 Å². The first-order valence-electron chi connectivity index (χ1n) is 9.05. The molecule has 2 aromatic carbocycles. The number of benzene rings is 2. The normalized spacial score (nSPS) is 12.5. The van der Waals surface area contributed by atoms with Gasteiger partial charge in [0.05, 0.1) is 18.0 Å². The fraction of sp³-hybridized carbons (Fsp3) is 0.381. The molecule has 1 N–H and O–H groups in total. The van der Waals surface area contributed by atoms with Crippen LogP contribution in [0.15, 0.2) is 42.5 Å². The summed E-state index contributed by atoms with van der Waals surface area (Å²) in [6, 6.07) is 13.2. The Morgan fingerprint density at radius 1 is 1.07 bits per heavy atom. The highest BCUT2D eigenvalue weighted by Crippen LogP contribution is 2.21. The molecule has 0 fully saturated rings. The number of hydrogen-bond acceptors (Lipinski definition) is 3. The van der Waals surface area contributed by atoms with Gasteiger partial charge in [-0.05, 0) is 61.6 Å². The van der Waals surface area contributed by atoms with Crippen LogP contribution >= 0.6 is 0 Å². The molecule has 0 heterocycles. The molecule has 0 saturated carbocycles. The average molecular weight is 389 g/mol. The molecule has 0 aromatic heterocycles. The topological polar surface area (TPSA) is 66.5 Å². The predicted molar refractivity (Wildman–Crippen MR) is 110 cm³/mol. The van der Waals surface area contributed by atoms with Crippen molar-refractivity contribution in [3.05, 3.63) is 64.7 Å². The SMILES string of the molecule is CCc1ccc([C@@H](C)NC(=O)CN(c2ccc(C)c(C)c2)S(C)(=O)=O)cc1. The number of nitrogens with zero attached hydrogens (tertiary/aromatic N) is 1. The molecular formula is C21H28N2O3S. The highest BCUT2D eigenvalue weighted by Gasteiger charge is 2.22. The zero-order valence-electron chi connectivity index (χ0n) is 16.6. The lowest BCUT2D eigenvalue weighted by atomic mass is 10.1. The van der Waals surface area contributed by atoms with Crippen molar-refractivity contribution in [2.45, 2.75) is 40.2 Å². The molecule has 0 saturated heterocycles. The molecule has 1 amide bonds. The maximum Gasteiger partial charge on any atom is 0.241 e. The maximum absolute atomic E-state index is 12.5. The van der Waals surface area contributed by atoms with Crippen LogP contribution in [-0.4, -0.2) is 27.1 Å². The minimum Gasteiger partial charge on any atom is -0.348 e. The molecule has 0 spiro atoms. The van der Waals surface area contributed by atoms with Gasteiger partial charge in [0.2, 0.25) is 15.9 Å². The van der Waals surface area contributed by atoms with Crippen LogP contribution in [0.3, 0.4) is 0 Å². The quantitative estimate of drug-likeness (QED) is 0.789. The average Bonchev–Trinajstić information content (AvgIpc) is 2.61. The zero-order valence-corrected chi connectivity index (χ0v) is 17.4. The van der Waals surface area contributed by atoms with Crippen LogP contribution in [0.5, 0.6) is 0 Å².